The van der Waals surface area contributed by atoms with E-state index in [2.05, 4.69) is 0 Å². The van der Waals surface area contributed by atoms with E-state index in [1.54, 1.807) is 13.8 Å². The Kier molecular flexibility index (Phi) is 3.36. The highest BCUT2D eigenvalue weighted by Gasteiger charge is 2.36. The van der Waals surface area contributed by atoms with Crippen molar-refractivity contribution >= 4 is 11.6 Å². The van der Waals surface area contributed by atoms with Gasteiger partial charge in [0.05, 0.1) is 0 Å². The van der Waals surface area contributed by atoms with Gasteiger partial charge in [0.1, 0.15) is 0 Å². The van der Waals surface area contributed by atoms with Gasteiger partial charge in [0.15, 0.2) is 0 Å². The van der Waals surface area contributed by atoms with E-state index in [0.29, 0.717) is 5.02 Å². The maximum Gasteiger partial charge on any atom is 0.274 e. The molecule has 2 N–H and O–H groups in total. The second-order valence-corrected chi connectivity index (χ2v) is 4.81. The fraction of sp³-hybridized carbons (Fsp3) is 0.455. The SMILES string of the molecule is CC(C)(N)CC(F)(F)c1ccc(Cl)cc1. The van der Waals surface area contributed by atoms with Crippen molar-refractivity contribution in [1.82, 2.24) is 0 Å². The van der Waals surface area contributed by atoms with Crippen LogP contribution < -0.4 is 5.73 Å². The Morgan fingerprint density at radius 3 is 2.07 bits per heavy atom. The van der Waals surface area contributed by atoms with E-state index in [1.807, 2.05) is 0 Å². The Morgan fingerprint density at radius 1 is 1.20 bits per heavy atom. The Balaban J connectivity index is 2.90. The van der Waals surface area contributed by atoms with Gasteiger partial charge in [-0.3, -0.25) is 0 Å². The zero-order valence-corrected chi connectivity index (χ0v) is 9.48. The average Bonchev–Trinajstić information content (AvgIpc) is 2.00. The molecule has 0 aromatic heterocycles. The molecular formula is C11H14ClF2N. The first-order chi connectivity index (χ1) is 6.71. The zero-order valence-electron chi connectivity index (χ0n) is 8.73. The van der Waals surface area contributed by atoms with Gasteiger partial charge in [-0.1, -0.05) is 23.7 Å². The summed E-state index contributed by atoms with van der Waals surface area (Å²) in [5.74, 6) is -2.91. The standard InChI is InChI=1S/C11H14ClF2N/c1-10(2,15)7-11(13,14)8-3-5-9(12)6-4-8/h3-6H,7,15H2,1-2H3. The van der Waals surface area contributed by atoms with Crippen LogP contribution in [0.1, 0.15) is 25.8 Å². The van der Waals surface area contributed by atoms with Crippen molar-refractivity contribution in [2.75, 3.05) is 0 Å². The molecular weight excluding hydrogens is 220 g/mol. The van der Waals surface area contributed by atoms with Gasteiger partial charge in [-0.15, -0.1) is 0 Å². The Hall–Kier alpha value is -0.670. The predicted molar refractivity (Wildman–Crippen MR) is 58.2 cm³/mol. The van der Waals surface area contributed by atoms with Crippen molar-refractivity contribution in [3.63, 3.8) is 0 Å². The lowest BCUT2D eigenvalue weighted by atomic mass is 9.93. The molecule has 1 rings (SSSR count). The number of hydrogen-bond donors (Lipinski definition) is 1. The molecule has 0 unspecified atom stereocenters. The van der Waals surface area contributed by atoms with E-state index in [1.165, 1.54) is 24.3 Å². The molecule has 1 nitrogen and oxygen atoms in total. The van der Waals surface area contributed by atoms with E-state index in [0.717, 1.165) is 0 Å². The molecule has 0 aliphatic carbocycles. The summed E-state index contributed by atoms with van der Waals surface area (Å²) in [6, 6.07) is 5.56. The summed E-state index contributed by atoms with van der Waals surface area (Å²) in [5, 5.41) is 0.446. The van der Waals surface area contributed by atoms with E-state index in [4.69, 9.17) is 17.3 Å². The van der Waals surface area contributed by atoms with Crippen LogP contribution >= 0.6 is 11.6 Å². The van der Waals surface area contributed by atoms with Crippen molar-refractivity contribution in [1.29, 1.82) is 0 Å². The first kappa shape index (κ1) is 12.4. The molecule has 0 fully saturated rings. The summed E-state index contributed by atoms with van der Waals surface area (Å²) in [5.41, 5.74) is 4.63. The van der Waals surface area contributed by atoms with Crippen LogP contribution in [0.5, 0.6) is 0 Å². The van der Waals surface area contributed by atoms with Crippen molar-refractivity contribution in [3.8, 4) is 0 Å². The number of halogens is 3. The van der Waals surface area contributed by atoms with Crippen LogP contribution in [0.3, 0.4) is 0 Å². The van der Waals surface area contributed by atoms with Gasteiger partial charge in [-0.2, -0.15) is 0 Å². The molecule has 0 heterocycles. The second-order valence-electron chi connectivity index (χ2n) is 4.38. The van der Waals surface area contributed by atoms with Gasteiger partial charge in [-0.05, 0) is 26.0 Å². The summed E-state index contributed by atoms with van der Waals surface area (Å²) < 4.78 is 27.3. The Bertz CT molecular complexity index is 327. The number of hydrogen-bond acceptors (Lipinski definition) is 1. The topological polar surface area (TPSA) is 26.0 Å². The smallest absolute Gasteiger partial charge is 0.274 e. The van der Waals surface area contributed by atoms with Crippen LogP contribution in [-0.2, 0) is 5.92 Å². The van der Waals surface area contributed by atoms with E-state index >= 15 is 0 Å². The molecule has 0 aliphatic rings. The average molecular weight is 234 g/mol. The minimum atomic E-state index is -2.91. The van der Waals surface area contributed by atoms with Crippen LogP contribution in [-0.4, -0.2) is 5.54 Å². The molecule has 84 valence electrons. The zero-order chi connectivity index (χ0) is 11.7. The van der Waals surface area contributed by atoms with Gasteiger partial charge in [0, 0.05) is 22.5 Å². The van der Waals surface area contributed by atoms with Crippen molar-refractivity contribution in [2.24, 2.45) is 5.73 Å². The fourth-order valence-electron chi connectivity index (χ4n) is 1.37. The number of rotatable bonds is 3. The van der Waals surface area contributed by atoms with Crippen LogP contribution in [0.15, 0.2) is 24.3 Å². The number of benzene rings is 1. The lowest BCUT2D eigenvalue weighted by Gasteiger charge is -2.25. The minimum absolute atomic E-state index is 0.0505. The molecule has 1 aromatic rings. The van der Waals surface area contributed by atoms with Crippen molar-refractivity contribution in [2.45, 2.75) is 31.7 Å². The quantitative estimate of drug-likeness (QED) is 0.849. The van der Waals surface area contributed by atoms with E-state index in [-0.39, 0.29) is 12.0 Å². The monoisotopic (exact) mass is 233 g/mol. The van der Waals surface area contributed by atoms with Crippen LogP contribution in [0.4, 0.5) is 8.78 Å². The maximum atomic E-state index is 13.7. The fourth-order valence-corrected chi connectivity index (χ4v) is 1.49. The van der Waals surface area contributed by atoms with E-state index in [9.17, 15) is 8.78 Å². The van der Waals surface area contributed by atoms with Gasteiger partial charge < -0.3 is 5.73 Å². The van der Waals surface area contributed by atoms with Gasteiger partial charge in [0.25, 0.3) is 5.92 Å². The Morgan fingerprint density at radius 2 is 1.67 bits per heavy atom. The molecule has 0 bridgehead atoms. The van der Waals surface area contributed by atoms with Gasteiger partial charge in [-0.25, -0.2) is 8.78 Å². The molecule has 0 aliphatic heterocycles. The summed E-state index contributed by atoms with van der Waals surface area (Å²) in [4.78, 5) is 0. The van der Waals surface area contributed by atoms with E-state index < -0.39 is 11.5 Å². The normalized spacial score (nSPS) is 12.9. The predicted octanol–water partition coefficient (Wildman–Crippen LogP) is 3.56. The molecule has 0 radical (unpaired) electrons. The highest BCUT2D eigenvalue weighted by molar-refractivity contribution is 6.30. The molecule has 0 saturated carbocycles. The van der Waals surface area contributed by atoms with Crippen LogP contribution in [0.2, 0.25) is 5.02 Å². The van der Waals surface area contributed by atoms with Gasteiger partial charge in [0.2, 0.25) is 0 Å². The highest BCUT2D eigenvalue weighted by atomic mass is 35.5. The lowest BCUT2D eigenvalue weighted by molar-refractivity contribution is -0.0295. The van der Waals surface area contributed by atoms with Gasteiger partial charge >= 0.3 is 0 Å². The summed E-state index contributed by atoms with van der Waals surface area (Å²) in [6.45, 7) is 3.16. The van der Waals surface area contributed by atoms with Crippen molar-refractivity contribution < 1.29 is 8.78 Å². The number of nitrogens with two attached hydrogens (primary N) is 1. The highest BCUT2D eigenvalue weighted by Crippen LogP contribution is 2.35. The van der Waals surface area contributed by atoms with Crippen LogP contribution in [0, 0.1) is 0 Å². The molecule has 1 aromatic carbocycles. The molecule has 15 heavy (non-hydrogen) atoms. The molecule has 0 saturated heterocycles. The third-order valence-corrected chi connectivity index (χ3v) is 2.20. The number of alkyl halides is 2. The summed E-state index contributed by atoms with van der Waals surface area (Å²) >= 11 is 5.63. The van der Waals surface area contributed by atoms with Crippen molar-refractivity contribution in [3.05, 3.63) is 34.9 Å². The molecule has 0 atom stereocenters. The second kappa shape index (κ2) is 4.06. The largest absolute Gasteiger partial charge is 0.325 e. The van der Waals surface area contributed by atoms with Crippen LogP contribution in [0.25, 0.3) is 0 Å². The molecule has 0 spiro atoms. The third kappa shape index (κ3) is 3.76. The minimum Gasteiger partial charge on any atom is -0.325 e. The maximum absolute atomic E-state index is 13.7. The molecule has 4 heteroatoms. The lowest BCUT2D eigenvalue weighted by Crippen LogP contribution is -2.37. The summed E-state index contributed by atoms with van der Waals surface area (Å²) in [7, 11) is 0. The summed E-state index contributed by atoms with van der Waals surface area (Å²) in [6.07, 6.45) is -0.387. The first-order valence-corrected chi connectivity index (χ1v) is 5.01. The first-order valence-electron chi connectivity index (χ1n) is 4.63. The molecule has 0 amide bonds. The third-order valence-electron chi connectivity index (χ3n) is 1.94. The Labute approximate surface area is 93.2 Å².